The van der Waals surface area contributed by atoms with Gasteiger partial charge in [0.05, 0.1) is 0 Å². The van der Waals surface area contributed by atoms with Gasteiger partial charge in [0, 0.05) is 11.5 Å². The van der Waals surface area contributed by atoms with Crippen LogP contribution in [0.25, 0.3) is 0 Å². The molecule has 0 aromatic heterocycles. The SMILES string of the molecule is CN1CCCC2(C)c3ccccc3CCC12. The van der Waals surface area contributed by atoms with E-state index in [4.69, 9.17) is 0 Å². The number of fused-ring (bicyclic) bond motifs is 3. The first-order chi connectivity index (χ1) is 7.72. The van der Waals surface area contributed by atoms with Gasteiger partial charge in [-0.15, -0.1) is 0 Å². The lowest BCUT2D eigenvalue weighted by molar-refractivity contribution is 0.0854. The lowest BCUT2D eigenvalue weighted by Gasteiger charge is -2.51. The van der Waals surface area contributed by atoms with Gasteiger partial charge < -0.3 is 4.90 Å². The number of hydrogen-bond donors (Lipinski definition) is 0. The van der Waals surface area contributed by atoms with Crippen molar-refractivity contribution in [3.8, 4) is 0 Å². The minimum absolute atomic E-state index is 0.405. The van der Waals surface area contributed by atoms with Crippen molar-refractivity contribution in [2.75, 3.05) is 13.6 Å². The highest BCUT2D eigenvalue weighted by Crippen LogP contribution is 2.44. The number of likely N-dealkylation sites (N-methyl/N-ethyl adjacent to an activating group) is 1. The zero-order valence-corrected chi connectivity index (χ0v) is 10.4. The van der Waals surface area contributed by atoms with Crippen molar-refractivity contribution in [3.05, 3.63) is 35.4 Å². The van der Waals surface area contributed by atoms with Crippen LogP contribution in [0.15, 0.2) is 24.3 Å². The summed E-state index contributed by atoms with van der Waals surface area (Å²) in [6.45, 7) is 3.76. The summed E-state index contributed by atoms with van der Waals surface area (Å²) in [5.41, 5.74) is 3.62. The van der Waals surface area contributed by atoms with Gasteiger partial charge in [-0.3, -0.25) is 0 Å². The first-order valence-corrected chi connectivity index (χ1v) is 6.50. The zero-order valence-electron chi connectivity index (χ0n) is 10.4. The summed E-state index contributed by atoms with van der Waals surface area (Å²) in [5.74, 6) is 0. The predicted octanol–water partition coefficient (Wildman–Crippen LogP) is 2.98. The molecular weight excluding hydrogens is 194 g/mol. The molecule has 1 nitrogen and oxygen atoms in total. The van der Waals surface area contributed by atoms with Crippen LogP contribution in [0.5, 0.6) is 0 Å². The molecule has 2 aliphatic rings. The van der Waals surface area contributed by atoms with Crippen LogP contribution in [0.3, 0.4) is 0 Å². The molecule has 0 spiro atoms. The fraction of sp³-hybridized carbons (Fsp3) is 0.600. The molecule has 1 heteroatoms. The van der Waals surface area contributed by atoms with E-state index < -0.39 is 0 Å². The van der Waals surface area contributed by atoms with Crippen LogP contribution < -0.4 is 0 Å². The maximum atomic E-state index is 2.58. The average Bonchev–Trinajstić information content (AvgIpc) is 2.29. The van der Waals surface area contributed by atoms with Crippen LogP contribution in [0.2, 0.25) is 0 Å². The van der Waals surface area contributed by atoms with Crippen molar-refractivity contribution in [3.63, 3.8) is 0 Å². The smallest absolute Gasteiger partial charge is 0.0190 e. The highest BCUT2D eigenvalue weighted by molar-refractivity contribution is 5.38. The van der Waals surface area contributed by atoms with Crippen molar-refractivity contribution in [2.24, 2.45) is 0 Å². The summed E-state index contributed by atoms with van der Waals surface area (Å²) in [6.07, 6.45) is 5.31. The summed E-state index contributed by atoms with van der Waals surface area (Å²) in [5, 5.41) is 0. The third-order valence-electron chi connectivity index (χ3n) is 4.79. The molecule has 1 heterocycles. The quantitative estimate of drug-likeness (QED) is 0.643. The Hall–Kier alpha value is -0.820. The van der Waals surface area contributed by atoms with Crippen LogP contribution in [0, 0.1) is 0 Å². The number of likely N-dealkylation sites (tertiary alicyclic amines) is 1. The van der Waals surface area contributed by atoms with Gasteiger partial charge in [-0.05, 0) is 50.4 Å². The molecule has 86 valence electrons. The number of piperidine rings is 1. The molecule has 0 amide bonds. The molecule has 1 aromatic rings. The van der Waals surface area contributed by atoms with E-state index in [1.54, 1.807) is 11.1 Å². The number of aryl methyl sites for hydroxylation is 1. The molecule has 0 bridgehead atoms. The van der Waals surface area contributed by atoms with E-state index in [1.807, 2.05) is 0 Å². The maximum absolute atomic E-state index is 2.58. The lowest BCUT2D eigenvalue weighted by Crippen LogP contribution is -2.54. The van der Waals surface area contributed by atoms with Crippen LogP contribution in [-0.2, 0) is 11.8 Å². The number of rotatable bonds is 0. The summed E-state index contributed by atoms with van der Waals surface area (Å²) >= 11 is 0. The molecule has 0 N–H and O–H groups in total. The van der Waals surface area contributed by atoms with E-state index in [9.17, 15) is 0 Å². The number of nitrogens with zero attached hydrogens (tertiary/aromatic N) is 1. The van der Waals surface area contributed by atoms with Gasteiger partial charge in [0.15, 0.2) is 0 Å². The fourth-order valence-electron chi connectivity index (χ4n) is 3.95. The number of benzene rings is 1. The monoisotopic (exact) mass is 215 g/mol. The Morgan fingerprint density at radius 1 is 1.31 bits per heavy atom. The molecular formula is C15H21N. The zero-order chi connectivity index (χ0) is 11.2. The molecule has 3 rings (SSSR count). The summed E-state index contributed by atoms with van der Waals surface area (Å²) in [6, 6.07) is 9.85. The second-order valence-electron chi connectivity index (χ2n) is 5.71. The molecule has 2 atom stereocenters. The van der Waals surface area contributed by atoms with Gasteiger partial charge in [0.1, 0.15) is 0 Å². The maximum Gasteiger partial charge on any atom is 0.0190 e. The van der Waals surface area contributed by atoms with Gasteiger partial charge in [-0.1, -0.05) is 31.2 Å². The predicted molar refractivity (Wildman–Crippen MR) is 67.8 cm³/mol. The third kappa shape index (κ3) is 1.34. The van der Waals surface area contributed by atoms with Crippen LogP contribution in [0.1, 0.15) is 37.3 Å². The van der Waals surface area contributed by atoms with Crippen molar-refractivity contribution < 1.29 is 0 Å². The van der Waals surface area contributed by atoms with Crippen LogP contribution in [-0.4, -0.2) is 24.5 Å². The number of hydrogen-bond acceptors (Lipinski definition) is 1. The third-order valence-corrected chi connectivity index (χ3v) is 4.79. The highest BCUT2D eigenvalue weighted by atomic mass is 15.1. The molecule has 16 heavy (non-hydrogen) atoms. The Labute approximate surface area is 98.5 Å². The molecule has 0 saturated carbocycles. The average molecular weight is 215 g/mol. The molecule has 1 saturated heterocycles. The van der Waals surface area contributed by atoms with Crippen molar-refractivity contribution in [1.29, 1.82) is 0 Å². The highest BCUT2D eigenvalue weighted by Gasteiger charge is 2.43. The van der Waals surface area contributed by atoms with E-state index >= 15 is 0 Å². The Morgan fingerprint density at radius 2 is 2.12 bits per heavy atom. The Bertz CT molecular complexity index is 398. The second kappa shape index (κ2) is 3.59. The first kappa shape index (κ1) is 10.3. The van der Waals surface area contributed by atoms with E-state index in [1.165, 1.54) is 32.2 Å². The van der Waals surface area contributed by atoms with Crippen molar-refractivity contribution in [2.45, 2.75) is 44.1 Å². The van der Waals surface area contributed by atoms with Crippen LogP contribution in [0.4, 0.5) is 0 Å². The van der Waals surface area contributed by atoms with E-state index in [2.05, 4.69) is 43.1 Å². The largest absolute Gasteiger partial charge is 0.303 e. The van der Waals surface area contributed by atoms with Gasteiger partial charge >= 0.3 is 0 Å². The Kier molecular flexibility index (Phi) is 2.32. The van der Waals surface area contributed by atoms with Crippen LogP contribution >= 0.6 is 0 Å². The van der Waals surface area contributed by atoms with Gasteiger partial charge in [-0.2, -0.15) is 0 Å². The second-order valence-corrected chi connectivity index (χ2v) is 5.71. The molecule has 1 aliphatic carbocycles. The molecule has 0 radical (unpaired) electrons. The van der Waals surface area contributed by atoms with Crippen molar-refractivity contribution >= 4 is 0 Å². The summed E-state index contributed by atoms with van der Waals surface area (Å²) < 4.78 is 0. The van der Waals surface area contributed by atoms with Gasteiger partial charge in [-0.25, -0.2) is 0 Å². The fourth-order valence-corrected chi connectivity index (χ4v) is 3.95. The summed E-state index contributed by atoms with van der Waals surface area (Å²) in [4.78, 5) is 2.58. The Balaban J connectivity index is 2.09. The molecule has 1 aromatic carbocycles. The standard InChI is InChI=1S/C15H21N/c1-15-10-5-11-16(2)14(15)9-8-12-6-3-4-7-13(12)15/h3-4,6-7,14H,5,8-11H2,1-2H3. The first-order valence-electron chi connectivity index (χ1n) is 6.50. The van der Waals surface area contributed by atoms with Gasteiger partial charge in [0.25, 0.3) is 0 Å². The molecule has 1 fully saturated rings. The van der Waals surface area contributed by atoms with E-state index in [0.717, 1.165) is 6.04 Å². The molecule has 1 aliphatic heterocycles. The van der Waals surface area contributed by atoms with E-state index in [0.29, 0.717) is 5.41 Å². The topological polar surface area (TPSA) is 3.24 Å². The minimum atomic E-state index is 0.405. The Morgan fingerprint density at radius 3 is 3.00 bits per heavy atom. The minimum Gasteiger partial charge on any atom is -0.303 e. The van der Waals surface area contributed by atoms with E-state index in [-0.39, 0.29) is 0 Å². The normalized spacial score (nSPS) is 34.2. The summed E-state index contributed by atoms with van der Waals surface area (Å²) in [7, 11) is 2.30. The van der Waals surface area contributed by atoms with Gasteiger partial charge in [0.2, 0.25) is 0 Å². The molecule has 2 unspecified atom stereocenters. The lowest BCUT2D eigenvalue weighted by atomic mass is 9.63. The van der Waals surface area contributed by atoms with Crippen molar-refractivity contribution in [1.82, 2.24) is 4.90 Å².